The zero-order chi connectivity index (χ0) is 22.9. The second kappa shape index (κ2) is 9.13. The van der Waals surface area contributed by atoms with Crippen LogP contribution in [0.3, 0.4) is 0 Å². The van der Waals surface area contributed by atoms with Gasteiger partial charge in [0, 0.05) is 18.2 Å². The average molecular weight is 430 g/mol. The Balaban J connectivity index is 2.00. The number of aliphatic hydroxyl groups excluding tert-OH is 4. The zero-order valence-electron chi connectivity index (χ0n) is 17.1. The number of carbonyl (C=O) groups excluding carboxylic acids is 2. The fourth-order valence-corrected chi connectivity index (χ4v) is 3.75. The lowest BCUT2D eigenvalue weighted by atomic mass is 9.88. The number of nitrogens with one attached hydrogen (secondary N) is 1. The molecule has 7 N–H and O–H groups in total. The molecular formula is C22H26N2O7. The van der Waals surface area contributed by atoms with Gasteiger partial charge in [-0.1, -0.05) is 18.2 Å². The molecule has 0 spiro atoms. The number of aliphatic hydroxyl groups is 4. The third kappa shape index (κ3) is 4.46. The summed E-state index contributed by atoms with van der Waals surface area (Å²) in [7, 11) is 1.48. The van der Waals surface area contributed by atoms with E-state index in [4.69, 9.17) is 10.5 Å². The molecule has 9 nitrogen and oxygen atoms in total. The second-order valence-electron chi connectivity index (χ2n) is 7.56. The van der Waals surface area contributed by atoms with E-state index in [2.05, 4.69) is 5.32 Å². The molecule has 31 heavy (non-hydrogen) atoms. The molecule has 1 fully saturated rings. The Labute approximate surface area is 179 Å². The van der Waals surface area contributed by atoms with E-state index in [1.54, 1.807) is 37.3 Å². The summed E-state index contributed by atoms with van der Waals surface area (Å²) in [6.07, 6.45) is -6.26. The first-order valence-electron chi connectivity index (χ1n) is 9.76. The predicted octanol–water partition coefficient (Wildman–Crippen LogP) is -0.365. The van der Waals surface area contributed by atoms with Gasteiger partial charge in [-0.05, 0) is 47.4 Å². The molecule has 1 aliphatic rings. The van der Waals surface area contributed by atoms with Crippen molar-refractivity contribution in [1.82, 2.24) is 5.32 Å². The molecule has 5 atom stereocenters. The Hall–Kier alpha value is -2.82. The summed E-state index contributed by atoms with van der Waals surface area (Å²) in [5.74, 6) is -1.03. The largest absolute Gasteiger partial charge is 0.394 e. The van der Waals surface area contributed by atoms with Crippen LogP contribution in [-0.4, -0.2) is 70.3 Å². The van der Waals surface area contributed by atoms with Gasteiger partial charge in [0.15, 0.2) is 0 Å². The van der Waals surface area contributed by atoms with Crippen molar-refractivity contribution in [2.75, 3.05) is 13.7 Å². The third-order valence-electron chi connectivity index (χ3n) is 5.51. The Morgan fingerprint density at radius 3 is 2.26 bits per heavy atom. The lowest BCUT2D eigenvalue weighted by molar-refractivity contribution is -0.231. The molecular weight excluding hydrogens is 404 g/mol. The van der Waals surface area contributed by atoms with Gasteiger partial charge in [-0.25, -0.2) is 0 Å². The fourth-order valence-electron chi connectivity index (χ4n) is 3.75. The van der Waals surface area contributed by atoms with Crippen molar-refractivity contribution in [3.63, 3.8) is 0 Å². The fraction of sp³-hybridized carbons (Fsp3) is 0.364. The van der Waals surface area contributed by atoms with E-state index in [0.29, 0.717) is 22.3 Å². The lowest BCUT2D eigenvalue weighted by Gasteiger charge is -2.40. The smallest absolute Gasteiger partial charge is 0.251 e. The second-order valence-corrected chi connectivity index (χ2v) is 7.56. The van der Waals surface area contributed by atoms with E-state index < -0.39 is 43.0 Å². The highest BCUT2D eigenvalue weighted by Crippen LogP contribution is 2.35. The molecule has 2 amide bonds. The Kier molecular flexibility index (Phi) is 6.73. The first kappa shape index (κ1) is 22.9. The Morgan fingerprint density at radius 2 is 1.68 bits per heavy atom. The maximum Gasteiger partial charge on any atom is 0.251 e. The topological polar surface area (TPSA) is 162 Å². The first-order valence-corrected chi connectivity index (χ1v) is 9.76. The van der Waals surface area contributed by atoms with Gasteiger partial charge >= 0.3 is 0 Å². The van der Waals surface area contributed by atoms with Crippen LogP contribution in [0.4, 0.5) is 0 Å². The number of hydrogen-bond donors (Lipinski definition) is 6. The zero-order valence-corrected chi connectivity index (χ0v) is 17.1. The van der Waals surface area contributed by atoms with Gasteiger partial charge in [-0.15, -0.1) is 0 Å². The number of amides is 2. The summed E-state index contributed by atoms with van der Waals surface area (Å²) in [5.41, 5.74) is 8.44. The molecule has 1 saturated heterocycles. The lowest BCUT2D eigenvalue weighted by Crippen LogP contribution is -2.55. The molecule has 0 unspecified atom stereocenters. The van der Waals surface area contributed by atoms with E-state index in [1.807, 2.05) is 0 Å². The third-order valence-corrected chi connectivity index (χ3v) is 5.51. The summed E-state index contributed by atoms with van der Waals surface area (Å²) >= 11 is 0. The number of ether oxygens (including phenoxy) is 1. The predicted molar refractivity (Wildman–Crippen MR) is 111 cm³/mol. The molecule has 0 radical (unpaired) electrons. The maximum atomic E-state index is 12.1. The van der Waals surface area contributed by atoms with Crippen LogP contribution in [0.1, 0.15) is 37.9 Å². The molecule has 3 rings (SSSR count). The molecule has 9 heteroatoms. The highest BCUT2D eigenvalue weighted by molar-refractivity contribution is 6.00. The number of rotatable bonds is 5. The van der Waals surface area contributed by atoms with Crippen LogP contribution < -0.4 is 11.1 Å². The quantitative estimate of drug-likeness (QED) is 0.377. The minimum Gasteiger partial charge on any atom is -0.394 e. The summed E-state index contributed by atoms with van der Waals surface area (Å²) in [6, 6.07) is 9.82. The minimum atomic E-state index is -1.47. The number of hydrogen-bond acceptors (Lipinski definition) is 7. The van der Waals surface area contributed by atoms with E-state index in [-0.39, 0.29) is 17.0 Å². The van der Waals surface area contributed by atoms with Crippen molar-refractivity contribution in [1.29, 1.82) is 0 Å². The number of benzene rings is 2. The Morgan fingerprint density at radius 1 is 1.00 bits per heavy atom. The number of carbonyl (C=O) groups is 2. The van der Waals surface area contributed by atoms with Gasteiger partial charge in [0.05, 0.1) is 6.61 Å². The molecule has 2 aromatic carbocycles. The van der Waals surface area contributed by atoms with Gasteiger partial charge in [-0.2, -0.15) is 0 Å². The molecule has 0 saturated carbocycles. The maximum absolute atomic E-state index is 12.1. The van der Waals surface area contributed by atoms with Crippen LogP contribution >= 0.6 is 0 Å². The average Bonchev–Trinajstić information content (AvgIpc) is 2.77. The number of nitrogens with two attached hydrogens (primary N) is 1. The minimum absolute atomic E-state index is 0.187. The van der Waals surface area contributed by atoms with Crippen molar-refractivity contribution >= 4 is 11.8 Å². The van der Waals surface area contributed by atoms with Crippen molar-refractivity contribution in [3.05, 3.63) is 58.7 Å². The molecule has 0 aromatic heterocycles. The highest BCUT2D eigenvalue weighted by Gasteiger charge is 2.44. The van der Waals surface area contributed by atoms with Gasteiger partial charge in [0.2, 0.25) is 5.91 Å². The van der Waals surface area contributed by atoms with E-state index in [1.165, 1.54) is 13.1 Å². The first-order chi connectivity index (χ1) is 14.7. The number of primary amides is 1. The number of aryl methyl sites for hydroxylation is 1. The molecule has 166 valence electrons. The SMILES string of the molecule is CNC(=O)c1cc(C(N)=O)cc(-c2ccc([C@H]3O[C@H](CO)[C@@H](O)[C@H](O)[C@@H]3O)c(C)c2)c1. The van der Waals surface area contributed by atoms with Crippen LogP contribution in [0.5, 0.6) is 0 Å². The van der Waals surface area contributed by atoms with Crippen LogP contribution in [-0.2, 0) is 4.74 Å². The van der Waals surface area contributed by atoms with Crippen LogP contribution in [0.15, 0.2) is 36.4 Å². The van der Waals surface area contributed by atoms with Crippen molar-refractivity contribution in [2.24, 2.45) is 5.73 Å². The van der Waals surface area contributed by atoms with Gasteiger partial charge in [0.25, 0.3) is 5.91 Å². The van der Waals surface area contributed by atoms with Crippen LogP contribution in [0, 0.1) is 6.92 Å². The monoisotopic (exact) mass is 430 g/mol. The van der Waals surface area contributed by atoms with Crippen LogP contribution in [0.25, 0.3) is 11.1 Å². The molecule has 1 aliphatic heterocycles. The van der Waals surface area contributed by atoms with E-state index >= 15 is 0 Å². The molecule has 1 heterocycles. The van der Waals surface area contributed by atoms with E-state index in [0.717, 1.165) is 0 Å². The Bertz CT molecular complexity index is 992. The van der Waals surface area contributed by atoms with Crippen molar-refractivity contribution in [3.8, 4) is 11.1 Å². The molecule has 2 aromatic rings. The summed E-state index contributed by atoms with van der Waals surface area (Å²) in [4.78, 5) is 23.8. The van der Waals surface area contributed by atoms with Gasteiger partial charge < -0.3 is 36.2 Å². The summed E-state index contributed by atoms with van der Waals surface area (Å²) in [5, 5.41) is 42.4. The van der Waals surface area contributed by atoms with Gasteiger partial charge in [0.1, 0.15) is 30.5 Å². The molecule has 0 bridgehead atoms. The van der Waals surface area contributed by atoms with Gasteiger partial charge in [-0.3, -0.25) is 9.59 Å². The van der Waals surface area contributed by atoms with Crippen molar-refractivity contribution < 1.29 is 34.8 Å². The molecule has 0 aliphatic carbocycles. The summed E-state index contributed by atoms with van der Waals surface area (Å²) < 4.78 is 5.63. The van der Waals surface area contributed by atoms with Crippen LogP contribution in [0.2, 0.25) is 0 Å². The normalized spacial score (nSPS) is 25.8. The van der Waals surface area contributed by atoms with Crippen molar-refractivity contribution in [2.45, 2.75) is 37.4 Å². The summed E-state index contributed by atoms with van der Waals surface area (Å²) in [6.45, 7) is 1.26. The standard InChI is InChI=1S/C22H26N2O7/c1-10-5-11(12-6-13(21(23)29)8-14(7-12)22(30)24-2)3-4-15(10)20-19(28)18(27)17(26)16(9-25)31-20/h3-8,16-20,25-28H,9H2,1-2H3,(H2,23,29)(H,24,30)/t16-,17-,18+,19+,20-/m1/s1. The highest BCUT2D eigenvalue weighted by atomic mass is 16.5. The van der Waals surface area contributed by atoms with E-state index in [9.17, 15) is 30.0 Å².